The Bertz CT molecular complexity index is 1100. The number of rotatable bonds is 5. The van der Waals surface area contributed by atoms with Crippen LogP contribution in [0, 0.1) is 6.92 Å². The Morgan fingerprint density at radius 3 is 2.84 bits per heavy atom. The number of tetrazole rings is 1. The number of carbonyl (C=O) groups excluding carboxylic acids is 1. The smallest absolute Gasteiger partial charge is 0.246 e. The van der Waals surface area contributed by atoms with Gasteiger partial charge in [0.15, 0.2) is 17.3 Å². The molecule has 0 bridgehead atoms. The molecule has 5 rings (SSSR count). The van der Waals surface area contributed by atoms with Gasteiger partial charge in [0.1, 0.15) is 19.8 Å². The summed E-state index contributed by atoms with van der Waals surface area (Å²) in [5, 5.41) is 12.7. The number of hydrogen-bond donors (Lipinski definition) is 0. The number of nitrogens with zero attached hydrogens (tertiary/aromatic N) is 5. The first kappa shape index (κ1) is 19.5. The zero-order valence-corrected chi connectivity index (χ0v) is 17.5. The first-order valence-electron chi connectivity index (χ1n) is 10.7. The Morgan fingerprint density at radius 1 is 1.13 bits per heavy atom. The first-order chi connectivity index (χ1) is 15.2. The van der Waals surface area contributed by atoms with Crippen LogP contribution in [-0.2, 0) is 17.8 Å². The number of amides is 1. The maximum Gasteiger partial charge on any atom is 0.246 e. The van der Waals surface area contributed by atoms with E-state index in [4.69, 9.17) is 9.47 Å². The van der Waals surface area contributed by atoms with E-state index in [1.54, 1.807) is 0 Å². The zero-order chi connectivity index (χ0) is 21.2. The maximum atomic E-state index is 13.1. The predicted molar refractivity (Wildman–Crippen MR) is 113 cm³/mol. The van der Waals surface area contributed by atoms with E-state index in [1.807, 2.05) is 35.2 Å². The van der Waals surface area contributed by atoms with Gasteiger partial charge in [0.2, 0.25) is 5.91 Å². The molecule has 1 amide bonds. The largest absolute Gasteiger partial charge is 0.486 e. The molecule has 0 aliphatic carbocycles. The molecule has 0 N–H and O–H groups in total. The Hall–Kier alpha value is -3.42. The number of likely N-dealkylation sites (tertiary alicyclic amines) is 1. The lowest BCUT2D eigenvalue weighted by Gasteiger charge is -2.26. The molecule has 2 aliphatic rings. The third-order valence-corrected chi connectivity index (χ3v) is 5.90. The SMILES string of the molecule is Cc1ccccc1Cc1nnn(CC(=O)N2CCCC2c2ccc3c(c2)OCCO3)n1. The average molecular weight is 419 g/mol. The van der Waals surface area contributed by atoms with Gasteiger partial charge in [-0.1, -0.05) is 30.3 Å². The topological polar surface area (TPSA) is 82.4 Å². The number of aromatic nitrogens is 4. The second-order valence-electron chi connectivity index (χ2n) is 7.99. The van der Waals surface area contributed by atoms with Crippen LogP contribution >= 0.6 is 0 Å². The van der Waals surface area contributed by atoms with Gasteiger partial charge >= 0.3 is 0 Å². The van der Waals surface area contributed by atoms with Crippen molar-refractivity contribution in [2.75, 3.05) is 19.8 Å². The Balaban J connectivity index is 1.27. The minimum atomic E-state index is -0.00256. The second-order valence-corrected chi connectivity index (χ2v) is 7.99. The average Bonchev–Trinajstić information content (AvgIpc) is 3.45. The molecular weight excluding hydrogens is 394 g/mol. The van der Waals surface area contributed by atoms with Crippen molar-refractivity contribution in [2.24, 2.45) is 0 Å². The number of carbonyl (C=O) groups is 1. The van der Waals surface area contributed by atoms with E-state index >= 15 is 0 Å². The molecule has 0 radical (unpaired) electrons. The van der Waals surface area contributed by atoms with Crippen molar-refractivity contribution in [3.05, 3.63) is 65.0 Å². The highest BCUT2D eigenvalue weighted by molar-refractivity contribution is 5.76. The highest BCUT2D eigenvalue weighted by Gasteiger charge is 2.31. The second kappa shape index (κ2) is 8.37. The summed E-state index contributed by atoms with van der Waals surface area (Å²) in [6, 6.07) is 14.1. The number of hydrogen-bond acceptors (Lipinski definition) is 6. The van der Waals surface area contributed by atoms with Crippen LogP contribution in [0.3, 0.4) is 0 Å². The highest BCUT2D eigenvalue weighted by atomic mass is 16.6. The van der Waals surface area contributed by atoms with Gasteiger partial charge < -0.3 is 14.4 Å². The van der Waals surface area contributed by atoms with Crippen molar-refractivity contribution in [2.45, 2.75) is 38.8 Å². The van der Waals surface area contributed by atoms with E-state index in [-0.39, 0.29) is 18.5 Å². The van der Waals surface area contributed by atoms with Crippen molar-refractivity contribution < 1.29 is 14.3 Å². The monoisotopic (exact) mass is 419 g/mol. The lowest BCUT2D eigenvalue weighted by Crippen LogP contribution is -2.34. The van der Waals surface area contributed by atoms with Crippen LogP contribution < -0.4 is 9.47 Å². The Labute approximate surface area is 180 Å². The van der Waals surface area contributed by atoms with Gasteiger partial charge in [-0.3, -0.25) is 4.79 Å². The Morgan fingerprint density at radius 2 is 1.97 bits per heavy atom. The minimum Gasteiger partial charge on any atom is -0.486 e. The lowest BCUT2D eigenvalue weighted by molar-refractivity contribution is -0.133. The fourth-order valence-corrected chi connectivity index (χ4v) is 4.28. The molecule has 0 spiro atoms. The van der Waals surface area contributed by atoms with Crippen molar-refractivity contribution in [3.8, 4) is 11.5 Å². The van der Waals surface area contributed by atoms with Crippen LogP contribution in [0.2, 0.25) is 0 Å². The van der Waals surface area contributed by atoms with E-state index in [1.165, 1.54) is 10.4 Å². The molecule has 0 saturated carbocycles. The van der Waals surface area contributed by atoms with Gasteiger partial charge in [0.05, 0.1) is 6.04 Å². The highest BCUT2D eigenvalue weighted by Crippen LogP contribution is 2.38. The molecule has 1 fully saturated rings. The quantitative estimate of drug-likeness (QED) is 0.632. The van der Waals surface area contributed by atoms with E-state index < -0.39 is 0 Å². The molecule has 1 saturated heterocycles. The molecular formula is C23H25N5O3. The van der Waals surface area contributed by atoms with Crippen LogP contribution in [-0.4, -0.2) is 50.8 Å². The van der Waals surface area contributed by atoms with E-state index in [9.17, 15) is 4.79 Å². The number of aryl methyl sites for hydroxylation is 1. The van der Waals surface area contributed by atoms with Gasteiger partial charge in [0.25, 0.3) is 0 Å². The number of fused-ring (bicyclic) bond motifs is 1. The van der Waals surface area contributed by atoms with Gasteiger partial charge in [0, 0.05) is 13.0 Å². The summed E-state index contributed by atoms with van der Waals surface area (Å²) in [7, 11) is 0. The van der Waals surface area contributed by atoms with Crippen LogP contribution in [0.1, 0.15) is 41.4 Å². The number of benzene rings is 2. The number of ether oxygens (including phenoxy) is 2. The maximum absolute atomic E-state index is 13.1. The van der Waals surface area contributed by atoms with Crippen molar-refractivity contribution in [1.29, 1.82) is 0 Å². The summed E-state index contributed by atoms with van der Waals surface area (Å²) in [5.41, 5.74) is 3.42. The molecule has 3 heterocycles. The van der Waals surface area contributed by atoms with Crippen LogP contribution in [0.5, 0.6) is 11.5 Å². The molecule has 2 aromatic carbocycles. The summed E-state index contributed by atoms with van der Waals surface area (Å²) in [6.07, 6.45) is 2.49. The van der Waals surface area contributed by atoms with Crippen LogP contribution in [0.4, 0.5) is 0 Å². The van der Waals surface area contributed by atoms with Crippen molar-refractivity contribution >= 4 is 5.91 Å². The van der Waals surface area contributed by atoms with Gasteiger partial charge in [-0.2, -0.15) is 4.80 Å². The van der Waals surface area contributed by atoms with E-state index in [2.05, 4.69) is 34.5 Å². The van der Waals surface area contributed by atoms with E-state index in [0.29, 0.717) is 25.5 Å². The molecule has 3 aromatic rings. The van der Waals surface area contributed by atoms with Crippen molar-refractivity contribution in [1.82, 2.24) is 25.1 Å². The normalized spacial score (nSPS) is 17.7. The molecule has 2 aliphatic heterocycles. The molecule has 1 atom stereocenters. The first-order valence-corrected chi connectivity index (χ1v) is 10.7. The molecule has 1 unspecified atom stereocenters. The van der Waals surface area contributed by atoms with Gasteiger partial charge in [-0.25, -0.2) is 0 Å². The zero-order valence-electron chi connectivity index (χ0n) is 17.5. The molecule has 8 nitrogen and oxygen atoms in total. The Kier molecular flexibility index (Phi) is 5.28. The molecule has 1 aromatic heterocycles. The summed E-state index contributed by atoms with van der Waals surface area (Å²) in [5.74, 6) is 2.13. The predicted octanol–water partition coefficient (Wildman–Crippen LogP) is 2.71. The molecule has 160 valence electrons. The van der Waals surface area contributed by atoms with Crippen LogP contribution in [0.15, 0.2) is 42.5 Å². The third kappa shape index (κ3) is 4.10. The summed E-state index contributed by atoms with van der Waals surface area (Å²) < 4.78 is 11.3. The lowest BCUT2D eigenvalue weighted by atomic mass is 10.0. The summed E-state index contributed by atoms with van der Waals surface area (Å²) in [6.45, 7) is 3.99. The standard InChI is InChI=1S/C23H25N5O3/c1-16-5-2-3-6-17(16)14-22-24-26-28(25-22)15-23(29)27-10-4-7-19(27)18-8-9-20-21(13-18)31-12-11-30-20/h2-3,5-6,8-9,13,19H,4,7,10-12,14-15H2,1H3. The fourth-order valence-electron chi connectivity index (χ4n) is 4.28. The third-order valence-electron chi connectivity index (χ3n) is 5.90. The summed E-state index contributed by atoms with van der Waals surface area (Å²) in [4.78, 5) is 16.4. The van der Waals surface area contributed by atoms with E-state index in [0.717, 1.165) is 42.0 Å². The van der Waals surface area contributed by atoms with Gasteiger partial charge in [-0.05, 0) is 53.8 Å². The van der Waals surface area contributed by atoms with Crippen LogP contribution in [0.25, 0.3) is 0 Å². The minimum absolute atomic E-state index is 0.00256. The van der Waals surface area contributed by atoms with Crippen molar-refractivity contribution in [3.63, 3.8) is 0 Å². The molecule has 31 heavy (non-hydrogen) atoms. The van der Waals surface area contributed by atoms with Gasteiger partial charge in [-0.15, -0.1) is 10.2 Å². The summed E-state index contributed by atoms with van der Waals surface area (Å²) >= 11 is 0. The molecule has 8 heteroatoms. The fraction of sp³-hybridized carbons (Fsp3) is 0.391.